The average Bonchev–Trinajstić information content (AvgIpc) is 3.03. The minimum absolute atomic E-state index is 0.219. The standard InChI is InChI=1S/C28H33NO2/c1-4-14-28(31)15-13-25-23-11-7-19-16-21(30)10-12-22(19)26(23)24(17-27(25,28)2)18-5-8-20(29-3)9-6-18/h5-6,8-9,16,23-25,29,31H,7,10-13,15,17H2,1-3H3/t23-,24+,25-,27-,28-/m1/s1. The molecule has 2 N–H and O–H groups in total. The summed E-state index contributed by atoms with van der Waals surface area (Å²) in [6, 6.07) is 8.80. The fourth-order valence-corrected chi connectivity index (χ4v) is 7.26. The Morgan fingerprint density at radius 2 is 1.90 bits per heavy atom. The van der Waals surface area contributed by atoms with E-state index in [9.17, 15) is 9.90 Å². The Bertz CT molecular complexity index is 1040. The van der Waals surface area contributed by atoms with E-state index in [4.69, 9.17) is 0 Å². The highest BCUT2D eigenvalue weighted by molar-refractivity contribution is 5.93. The smallest absolute Gasteiger partial charge is 0.156 e. The van der Waals surface area contributed by atoms with E-state index in [0.717, 1.165) is 44.2 Å². The summed E-state index contributed by atoms with van der Waals surface area (Å²) in [5.74, 6) is 7.74. The molecule has 3 heteroatoms. The van der Waals surface area contributed by atoms with Gasteiger partial charge in [-0.2, -0.15) is 0 Å². The number of rotatable bonds is 2. The number of aliphatic hydroxyl groups is 1. The van der Waals surface area contributed by atoms with E-state index in [2.05, 4.69) is 48.3 Å². The van der Waals surface area contributed by atoms with Gasteiger partial charge in [-0.15, -0.1) is 5.92 Å². The first-order chi connectivity index (χ1) is 14.9. The van der Waals surface area contributed by atoms with Crippen LogP contribution in [0.4, 0.5) is 5.69 Å². The molecule has 5 rings (SSSR count). The number of nitrogens with one attached hydrogen (secondary N) is 1. The minimum atomic E-state index is -0.912. The summed E-state index contributed by atoms with van der Waals surface area (Å²) in [4.78, 5) is 12.1. The van der Waals surface area contributed by atoms with Crippen molar-refractivity contribution in [2.75, 3.05) is 12.4 Å². The molecule has 162 valence electrons. The van der Waals surface area contributed by atoms with E-state index in [1.807, 2.05) is 20.0 Å². The molecule has 0 spiro atoms. The summed E-state index contributed by atoms with van der Waals surface area (Å²) in [6.07, 6.45) is 8.22. The summed E-state index contributed by atoms with van der Waals surface area (Å²) >= 11 is 0. The SMILES string of the molecule is CC#C[C@@]1(O)CC[C@@H]2[C@H]3CCC4=CC(=O)CCC4=C3[C@H](c3ccc(NC)cc3)C[C@]21C. The first kappa shape index (κ1) is 20.6. The molecule has 0 aliphatic heterocycles. The maximum atomic E-state index is 12.1. The van der Waals surface area contributed by atoms with Crippen molar-refractivity contribution in [2.45, 2.75) is 70.3 Å². The molecule has 5 atom stereocenters. The first-order valence-electron chi connectivity index (χ1n) is 11.8. The number of fused-ring (bicyclic) bond motifs is 4. The fraction of sp³-hybridized carbons (Fsp3) is 0.536. The molecule has 4 aliphatic rings. The topological polar surface area (TPSA) is 49.3 Å². The lowest BCUT2D eigenvalue weighted by Gasteiger charge is -2.53. The van der Waals surface area contributed by atoms with Crippen LogP contribution in [0.25, 0.3) is 0 Å². The molecule has 0 saturated heterocycles. The Labute approximate surface area is 186 Å². The molecule has 0 amide bonds. The second-order valence-corrected chi connectivity index (χ2v) is 10.1. The number of hydrogen-bond donors (Lipinski definition) is 2. The maximum Gasteiger partial charge on any atom is 0.156 e. The van der Waals surface area contributed by atoms with Crippen molar-refractivity contribution in [3.8, 4) is 11.8 Å². The minimum Gasteiger partial charge on any atom is -0.388 e. The van der Waals surface area contributed by atoms with Gasteiger partial charge >= 0.3 is 0 Å². The van der Waals surface area contributed by atoms with Gasteiger partial charge in [0.25, 0.3) is 0 Å². The van der Waals surface area contributed by atoms with Gasteiger partial charge in [0.05, 0.1) is 0 Å². The number of hydrogen-bond acceptors (Lipinski definition) is 3. The molecule has 0 aromatic heterocycles. The van der Waals surface area contributed by atoms with Crippen LogP contribution in [-0.4, -0.2) is 23.5 Å². The molecule has 0 bridgehead atoms. The summed E-state index contributed by atoms with van der Waals surface area (Å²) in [5.41, 5.74) is 5.61. The Balaban J connectivity index is 1.68. The zero-order chi connectivity index (χ0) is 21.8. The van der Waals surface area contributed by atoms with Crippen LogP contribution < -0.4 is 5.32 Å². The molecule has 31 heavy (non-hydrogen) atoms. The van der Waals surface area contributed by atoms with Gasteiger partial charge in [-0.3, -0.25) is 4.79 Å². The first-order valence-corrected chi connectivity index (χ1v) is 11.8. The third kappa shape index (κ3) is 3.03. The second-order valence-electron chi connectivity index (χ2n) is 10.1. The van der Waals surface area contributed by atoms with Gasteiger partial charge in [0.2, 0.25) is 0 Å². The van der Waals surface area contributed by atoms with Gasteiger partial charge in [0.1, 0.15) is 5.60 Å². The van der Waals surface area contributed by atoms with E-state index in [1.54, 1.807) is 5.57 Å². The number of ketones is 1. The van der Waals surface area contributed by atoms with Crippen molar-refractivity contribution in [3.63, 3.8) is 0 Å². The zero-order valence-corrected chi connectivity index (χ0v) is 18.9. The highest BCUT2D eigenvalue weighted by atomic mass is 16.3. The molecule has 2 saturated carbocycles. The number of carbonyl (C=O) groups excluding carboxylic acids is 1. The van der Waals surface area contributed by atoms with Crippen LogP contribution in [0.15, 0.2) is 47.1 Å². The molecule has 0 radical (unpaired) electrons. The van der Waals surface area contributed by atoms with Crippen molar-refractivity contribution >= 4 is 11.5 Å². The Morgan fingerprint density at radius 1 is 1.13 bits per heavy atom. The van der Waals surface area contributed by atoms with Crippen molar-refractivity contribution in [3.05, 3.63) is 52.6 Å². The van der Waals surface area contributed by atoms with Crippen LogP contribution in [0, 0.1) is 29.1 Å². The molecule has 4 aliphatic carbocycles. The average molecular weight is 416 g/mol. The van der Waals surface area contributed by atoms with Gasteiger partial charge in [0, 0.05) is 30.5 Å². The largest absolute Gasteiger partial charge is 0.388 e. The monoisotopic (exact) mass is 415 g/mol. The highest BCUT2D eigenvalue weighted by Gasteiger charge is 2.62. The van der Waals surface area contributed by atoms with E-state index in [0.29, 0.717) is 18.3 Å². The number of allylic oxidation sites excluding steroid dienone is 4. The van der Waals surface area contributed by atoms with Crippen LogP contribution in [0.2, 0.25) is 0 Å². The van der Waals surface area contributed by atoms with Gasteiger partial charge in [-0.05, 0) is 92.2 Å². The third-order valence-corrected chi connectivity index (χ3v) is 8.82. The molecular weight excluding hydrogens is 382 g/mol. The normalized spacial score (nSPS) is 36.6. The maximum absolute atomic E-state index is 12.1. The summed E-state index contributed by atoms with van der Waals surface area (Å²) in [6.45, 7) is 4.14. The lowest BCUT2D eigenvalue weighted by molar-refractivity contribution is -0.114. The highest BCUT2D eigenvalue weighted by Crippen LogP contribution is 2.66. The molecule has 3 nitrogen and oxygen atoms in total. The van der Waals surface area contributed by atoms with Crippen LogP contribution in [0.3, 0.4) is 0 Å². The van der Waals surface area contributed by atoms with Crippen molar-refractivity contribution in [2.24, 2.45) is 17.3 Å². The molecule has 0 unspecified atom stereocenters. The predicted octanol–water partition coefficient (Wildman–Crippen LogP) is 5.38. The fourth-order valence-electron chi connectivity index (χ4n) is 7.26. The number of benzene rings is 1. The molecule has 1 aromatic carbocycles. The van der Waals surface area contributed by atoms with Crippen LogP contribution >= 0.6 is 0 Å². The van der Waals surface area contributed by atoms with Gasteiger partial charge in [-0.25, -0.2) is 0 Å². The molecule has 1 aromatic rings. The predicted molar refractivity (Wildman–Crippen MR) is 125 cm³/mol. The van der Waals surface area contributed by atoms with Gasteiger partial charge < -0.3 is 10.4 Å². The Hall–Kier alpha value is -2.31. The quantitative estimate of drug-likeness (QED) is 0.638. The van der Waals surface area contributed by atoms with Crippen molar-refractivity contribution in [1.82, 2.24) is 0 Å². The summed E-state index contributed by atoms with van der Waals surface area (Å²) < 4.78 is 0. The lowest BCUT2D eigenvalue weighted by atomic mass is 9.51. The molecular formula is C28H33NO2. The number of carbonyl (C=O) groups is 1. The summed E-state index contributed by atoms with van der Waals surface area (Å²) in [5, 5.41) is 14.9. The van der Waals surface area contributed by atoms with E-state index < -0.39 is 5.60 Å². The van der Waals surface area contributed by atoms with Crippen LogP contribution in [0.1, 0.15) is 70.3 Å². The van der Waals surface area contributed by atoms with Gasteiger partial charge in [-0.1, -0.05) is 30.6 Å². The molecule has 2 fully saturated rings. The Morgan fingerprint density at radius 3 is 2.61 bits per heavy atom. The second kappa shape index (κ2) is 7.38. The van der Waals surface area contributed by atoms with Gasteiger partial charge in [0.15, 0.2) is 5.78 Å². The van der Waals surface area contributed by atoms with Crippen LogP contribution in [0.5, 0.6) is 0 Å². The zero-order valence-electron chi connectivity index (χ0n) is 18.9. The summed E-state index contributed by atoms with van der Waals surface area (Å²) in [7, 11) is 1.95. The lowest BCUT2D eigenvalue weighted by Crippen LogP contribution is -2.51. The van der Waals surface area contributed by atoms with E-state index >= 15 is 0 Å². The number of anilines is 1. The third-order valence-electron chi connectivity index (χ3n) is 8.82. The van der Waals surface area contributed by atoms with Crippen molar-refractivity contribution in [1.29, 1.82) is 0 Å². The Kier molecular flexibility index (Phi) is 4.90. The van der Waals surface area contributed by atoms with E-state index in [-0.39, 0.29) is 17.1 Å². The van der Waals surface area contributed by atoms with E-state index in [1.165, 1.54) is 16.7 Å². The van der Waals surface area contributed by atoms with Crippen LogP contribution in [-0.2, 0) is 4.79 Å². The molecule has 0 heterocycles. The van der Waals surface area contributed by atoms with Crippen molar-refractivity contribution < 1.29 is 9.90 Å².